The number of hydrogen-bond acceptors (Lipinski definition) is 4. The molecule has 5 nitrogen and oxygen atoms in total. The van der Waals surface area contributed by atoms with E-state index < -0.39 is 29.2 Å². The fourth-order valence-electron chi connectivity index (χ4n) is 1.71. The summed E-state index contributed by atoms with van der Waals surface area (Å²) in [4.78, 5) is 23.4. The Morgan fingerprint density at radius 2 is 2.10 bits per heavy atom. The zero-order chi connectivity index (χ0) is 14.7. The van der Waals surface area contributed by atoms with Crippen LogP contribution < -0.4 is 5.56 Å². The number of halogens is 2. The normalized spacial score (nSPS) is 11.9. The third-order valence-corrected chi connectivity index (χ3v) is 2.58. The van der Waals surface area contributed by atoms with Crippen LogP contribution in [0.15, 0.2) is 41.3 Å². The highest BCUT2D eigenvalue weighted by molar-refractivity contribution is 6.06. The van der Waals surface area contributed by atoms with Crippen LogP contribution in [0.4, 0.5) is 8.78 Å². The molecule has 2 radical (unpaired) electrons. The molecule has 0 amide bonds. The van der Waals surface area contributed by atoms with Crippen molar-refractivity contribution in [1.29, 1.82) is 0 Å². The third kappa shape index (κ3) is 2.58. The van der Waals surface area contributed by atoms with E-state index in [4.69, 9.17) is 8.05 Å². The Morgan fingerprint density at radius 3 is 2.70 bits per heavy atom. The summed E-state index contributed by atoms with van der Waals surface area (Å²) in [6.07, 6.45) is 1.24. The molecular weight excluding hydrogens is 269 g/mol. The minimum Gasteiger partial charge on any atom is -0.542 e. The van der Waals surface area contributed by atoms with Crippen molar-refractivity contribution < 1.29 is 18.2 Å². The number of nitrogens with zero attached hydrogens (tertiary/aromatic N) is 2. The summed E-state index contributed by atoms with van der Waals surface area (Å²) in [6.45, 7) is 0. The van der Waals surface area contributed by atoms with Gasteiger partial charge in [0.05, 0.1) is 0 Å². The molecule has 0 N–H and O–H groups in total. The van der Waals surface area contributed by atoms with Crippen LogP contribution in [0.2, 0.25) is 0 Å². The smallest absolute Gasteiger partial charge is 0.378 e. The molecule has 1 atom stereocenters. The van der Waals surface area contributed by atoms with E-state index >= 15 is 0 Å². The molecule has 1 unspecified atom stereocenters. The largest absolute Gasteiger partial charge is 0.542 e. The fraction of sp³-hybridized carbons (Fsp3) is 0.0833. The molecule has 1 aromatic carbocycles. The Hall–Kier alpha value is -2.51. The number of benzene rings is 1. The molecule has 1 heterocycles. The molecule has 0 saturated carbocycles. The average molecular weight is 276 g/mol. The van der Waals surface area contributed by atoms with Crippen LogP contribution in [0.25, 0.3) is 0 Å². The number of carbonyl (C=O) groups excluding carboxylic acids is 1. The monoisotopic (exact) mass is 276 g/mol. The van der Waals surface area contributed by atoms with Crippen molar-refractivity contribution in [2.45, 2.75) is 6.04 Å². The number of aromatic nitrogens is 2. The maximum Gasteiger partial charge on any atom is 0.378 e. The van der Waals surface area contributed by atoms with E-state index in [1.165, 1.54) is 12.3 Å². The van der Waals surface area contributed by atoms with E-state index in [0.29, 0.717) is 10.7 Å². The van der Waals surface area contributed by atoms with Crippen LogP contribution in [0.5, 0.6) is 0 Å². The van der Waals surface area contributed by atoms with Gasteiger partial charge in [0.2, 0.25) is 0 Å². The summed E-state index contributed by atoms with van der Waals surface area (Å²) in [5.74, 6) is -2.94. The summed E-state index contributed by atoms with van der Waals surface area (Å²) in [7, 11) is 4.79. The van der Waals surface area contributed by atoms with Crippen molar-refractivity contribution in [3.63, 3.8) is 0 Å². The van der Waals surface area contributed by atoms with Crippen molar-refractivity contribution in [3.05, 3.63) is 64.1 Å². The lowest BCUT2D eigenvalue weighted by molar-refractivity contribution is -0.137. The van der Waals surface area contributed by atoms with Gasteiger partial charge in [-0.25, -0.2) is 13.5 Å². The number of rotatable bonds is 3. The van der Waals surface area contributed by atoms with Crippen LogP contribution in [-0.2, 0) is 9.45 Å². The van der Waals surface area contributed by atoms with Gasteiger partial charge in [-0.2, -0.15) is 5.10 Å². The molecule has 2 aromatic rings. The van der Waals surface area contributed by atoms with Crippen molar-refractivity contribution in [2.75, 3.05) is 0 Å². The molecule has 0 bridgehead atoms. The number of carbonyl (C=O) groups is 1. The first kappa shape index (κ1) is 13.9. The maximum absolute atomic E-state index is 13.8. The van der Waals surface area contributed by atoms with Crippen molar-refractivity contribution in [3.8, 4) is 0 Å². The molecule has 100 valence electrons. The minimum absolute atomic E-state index is 0.275. The first-order valence-electron chi connectivity index (χ1n) is 5.44. The van der Waals surface area contributed by atoms with Gasteiger partial charge in [-0.3, -0.25) is 9.59 Å². The maximum atomic E-state index is 13.8. The molecule has 8 heteroatoms. The van der Waals surface area contributed by atoms with E-state index in [0.717, 1.165) is 18.2 Å². The lowest BCUT2D eigenvalue weighted by Crippen LogP contribution is -2.33. The van der Waals surface area contributed by atoms with Crippen LogP contribution in [0.3, 0.4) is 0 Å². The van der Waals surface area contributed by atoms with Gasteiger partial charge in [-0.05, 0) is 12.1 Å². The highest BCUT2D eigenvalue weighted by atomic mass is 19.1. The zero-order valence-corrected chi connectivity index (χ0v) is 9.99. The summed E-state index contributed by atoms with van der Waals surface area (Å²) in [6, 6.07) is 3.50. The quantitative estimate of drug-likeness (QED) is 0.776. The lowest BCUT2D eigenvalue weighted by atomic mass is 10.1. The van der Waals surface area contributed by atoms with Crippen LogP contribution in [-0.4, -0.2) is 23.8 Å². The average Bonchev–Trinajstić information content (AvgIpc) is 2.43. The van der Waals surface area contributed by atoms with E-state index in [2.05, 4.69) is 9.75 Å². The van der Waals surface area contributed by atoms with Crippen molar-refractivity contribution >= 4 is 14.0 Å². The first-order chi connectivity index (χ1) is 9.54. The molecule has 0 aliphatic rings. The first-order valence-corrected chi connectivity index (χ1v) is 5.44. The minimum atomic E-state index is -1.53. The Kier molecular flexibility index (Phi) is 3.93. The summed E-state index contributed by atoms with van der Waals surface area (Å²) >= 11 is 0. The van der Waals surface area contributed by atoms with E-state index in [1.54, 1.807) is 0 Å². The fourth-order valence-corrected chi connectivity index (χ4v) is 1.71. The summed E-state index contributed by atoms with van der Waals surface area (Å²) < 4.78 is 31.5. The van der Waals surface area contributed by atoms with Gasteiger partial charge in [0.15, 0.2) is 6.04 Å². The van der Waals surface area contributed by atoms with Gasteiger partial charge in [0, 0.05) is 23.9 Å². The molecular formula is C12H7BF2N2O3. The Morgan fingerprint density at radius 1 is 1.35 bits per heavy atom. The molecule has 2 rings (SSSR count). The van der Waals surface area contributed by atoms with E-state index in [9.17, 15) is 18.4 Å². The van der Waals surface area contributed by atoms with Gasteiger partial charge >= 0.3 is 14.0 Å². The Bertz CT molecular complexity index is 705. The van der Waals surface area contributed by atoms with Crippen molar-refractivity contribution in [2.24, 2.45) is 0 Å². The standard InChI is InChI=1S/C12H7BF2N2O3/c13-20-12(19)11(17-10(18)2-1-5-16-17)8-4-3-7(14)6-9(8)15/h1-6,11H. The van der Waals surface area contributed by atoms with Crippen LogP contribution >= 0.6 is 0 Å². The second-order valence-corrected chi connectivity index (χ2v) is 3.81. The highest BCUT2D eigenvalue weighted by Gasteiger charge is 2.28. The predicted octanol–water partition coefficient (Wildman–Crippen LogP) is 0.738. The third-order valence-electron chi connectivity index (χ3n) is 2.58. The van der Waals surface area contributed by atoms with Crippen LogP contribution in [0, 0.1) is 11.6 Å². The second-order valence-electron chi connectivity index (χ2n) is 3.81. The van der Waals surface area contributed by atoms with Gasteiger partial charge in [0.25, 0.3) is 5.56 Å². The number of hydrogen-bond donors (Lipinski definition) is 0. The molecule has 1 aromatic heterocycles. The topological polar surface area (TPSA) is 61.2 Å². The van der Waals surface area contributed by atoms with Gasteiger partial charge in [0.1, 0.15) is 11.6 Å². The zero-order valence-electron chi connectivity index (χ0n) is 9.99. The Labute approximate surface area is 113 Å². The summed E-state index contributed by atoms with van der Waals surface area (Å²) in [5.41, 5.74) is -0.936. The van der Waals surface area contributed by atoms with Crippen molar-refractivity contribution in [1.82, 2.24) is 9.78 Å². The van der Waals surface area contributed by atoms with Crippen LogP contribution in [0.1, 0.15) is 11.6 Å². The summed E-state index contributed by atoms with van der Waals surface area (Å²) in [5, 5.41) is 3.67. The van der Waals surface area contributed by atoms with E-state index in [1.807, 2.05) is 0 Å². The Balaban J connectivity index is 2.62. The molecule has 0 aliphatic carbocycles. The highest BCUT2D eigenvalue weighted by Crippen LogP contribution is 2.21. The second kappa shape index (κ2) is 5.64. The predicted molar refractivity (Wildman–Crippen MR) is 64.8 cm³/mol. The molecule has 0 aliphatic heterocycles. The van der Waals surface area contributed by atoms with E-state index in [-0.39, 0.29) is 5.56 Å². The molecule has 0 fully saturated rings. The molecule has 0 saturated heterocycles. The van der Waals surface area contributed by atoms with Gasteiger partial charge in [-0.1, -0.05) is 6.07 Å². The lowest BCUT2D eigenvalue weighted by Gasteiger charge is -2.17. The molecule has 20 heavy (non-hydrogen) atoms. The molecule has 0 spiro atoms. The SMILES string of the molecule is [B]OC(=O)C(c1ccc(F)cc1F)n1ncccc1=O. The van der Waals surface area contributed by atoms with Gasteiger partial charge < -0.3 is 4.65 Å². The van der Waals surface area contributed by atoms with Gasteiger partial charge in [-0.15, -0.1) is 0 Å².